The summed E-state index contributed by atoms with van der Waals surface area (Å²) in [6.07, 6.45) is 3.12. The van der Waals surface area contributed by atoms with E-state index in [-0.39, 0.29) is 0 Å². The first-order chi connectivity index (χ1) is 11.1. The van der Waals surface area contributed by atoms with Crippen molar-refractivity contribution in [3.05, 3.63) is 43.8 Å². The van der Waals surface area contributed by atoms with Crippen molar-refractivity contribution in [1.29, 1.82) is 0 Å². The first kappa shape index (κ1) is 15.7. The van der Waals surface area contributed by atoms with E-state index in [1.807, 2.05) is 6.07 Å². The molecule has 8 heteroatoms. The molecule has 0 saturated carbocycles. The van der Waals surface area contributed by atoms with Gasteiger partial charge in [-0.25, -0.2) is 4.79 Å². The summed E-state index contributed by atoms with van der Waals surface area (Å²) in [5, 5.41) is 1.76. The number of carbonyl (C=O) groups is 3. The van der Waals surface area contributed by atoms with Gasteiger partial charge in [0.05, 0.1) is 4.88 Å². The molecule has 0 atom stereocenters. The Morgan fingerprint density at radius 3 is 2.78 bits per heavy atom. The van der Waals surface area contributed by atoms with Gasteiger partial charge in [0.2, 0.25) is 0 Å². The number of amides is 2. The number of nitrogens with one attached hydrogen (secondary N) is 2. The molecule has 1 aliphatic carbocycles. The molecule has 0 aliphatic heterocycles. The number of thiophene rings is 2. The van der Waals surface area contributed by atoms with E-state index in [9.17, 15) is 14.4 Å². The number of rotatable bonds is 4. The number of carbonyl (C=O) groups excluding carboxylic acids is 3. The van der Waals surface area contributed by atoms with Crippen LogP contribution in [0.4, 0.5) is 0 Å². The predicted molar refractivity (Wildman–Crippen MR) is 86.6 cm³/mol. The summed E-state index contributed by atoms with van der Waals surface area (Å²) in [5.74, 6) is -1.51. The molecule has 2 aromatic rings. The zero-order valence-electron chi connectivity index (χ0n) is 12.1. The van der Waals surface area contributed by atoms with Crippen LogP contribution >= 0.6 is 22.7 Å². The fourth-order valence-electron chi connectivity index (χ4n) is 2.26. The van der Waals surface area contributed by atoms with Crippen LogP contribution in [0, 0.1) is 0 Å². The van der Waals surface area contributed by atoms with Crippen LogP contribution in [0.3, 0.4) is 0 Å². The molecule has 23 heavy (non-hydrogen) atoms. The standard InChI is InChI=1S/C15H14N2O4S2/c18-13(16-17-14(19)11-5-2-6-22-11)8-21-15(20)12-7-9-3-1-4-10(9)23-12/h2,5-7H,1,3-4,8H2,(H,16,18)(H,17,19). The van der Waals surface area contributed by atoms with Crippen LogP contribution in [0.25, 0.3) is 0 Å². The van der Waals surface area contributed by atoms with Crippen molar-refractivity contribution in [2.24, 2.45) is 0 Å². The van der Waals surface area contributed by atoms with Crippen LogP contribution in [0.1, 0.15) is 36.2 Å². The minimum Gasteiger partial charge on any atom is -0.451 e. The highest BCUT2D eigenvalue weighted by Crippen LogP contribution is 2.30. The number of aryl methyl sites for hydroxylation is 2. The third-order valence-corrected chi connectivity index (χ3v) is 5.43. The van der Waals surface area contributed by atoms with Gasteiger partial charge in [-0.2, -0.15) is 0 Å². The molecule has 0 bridgehead atoms. The molecule has 0 saturated heterocycles. The molecule has 0 aromatic carbocycles. The van der Waals surface area contributed by atoms with Crippen molar-refractivity contribution in [2.75, 3.05) is 6.61 Å². The quantitative estimate of drug-likeness (QED) is 0.652. The Morgan fingerprint density at radius 1 is 1.17 bits per heavy atom. The van der Waals surface area contributed by atoms with Gasteiger partial charge >= 0.3 is 5.97 Å². The Balaban J connectivity index is 1.43. The van der Waals surface area contributed by atoms with Gasteiger partial charge in [-0.05, 0) is 42.3 Å². The zero-order valence-corrected chi connectivity index (χ0v) is 13.7. The molecule has 2 heterocycles. The third-order valence-electron chi connectivity index (χ3n) is 3.34. The molecule has 0 spiro atoms. The smallest absolute Gasteiger partial charge is 0.348 e. The summed E-state index contributed by atoms with van der Waals surface area (Å²) in [7, 11) is 0. The molecule has 3 rings (SSSR count). The molecular weight excluding hydrogens is 336 g/mol. The molecule has 2 N–H and O–H groups in total. The molecular formula is C15H14N2O4S2. The lowest BCUT2D eigenvalue weighted by atomic mass is 10.2. The Hall–Kier alpha value is -2.19. The first-order valence-electron chi connectivity index (χ1n) is 7.05. The second-order valence-electron chi connectivity index (χ2n) is 4.97. The summed E-state index contributed by atoms with van der Waals surface area (Å²) in [6, 6.07) is 5.22. The van der Waals surface area contributed by atoms with Gasteiger partial charge < -0.3 is 4.74 Å². The van der Waals surface area contributed by atoms with Gasteiger partial charge in [-0.15, -0.1) is 22.7 Å². The predicted octanol–water partition coefficient (Wildman–Crippen LogP) is 1.92. The Bertz CT molecular complexity index is 715. The van der Waals surface area contributed by atoms with Crippen LogP contribution in [0.2, 0.25) is 0 Å². The van der Waals surface area contributed by atoms with Crippen LogP contribution in [0.15, 0.2) is 23.6 Å². The van der Waals surface area contributed by atoms with E-state index >= 15 is 0 Å². The zero-order chi connectivity index (χ0) is 16.2. The third kappa shape index (κ3) is 3.77. The maximum absolute atomic E-state index is 11.9. The van der Waals surface area contributed by atoms with Crippen LogP contribution in [-0.2, 0) is 22.4 Å². The van der Waals surface area contributed by atoms with Crippen molar-refractivity contribution >= 4 is 40.5 Å². The second-order valence-corrected chi connectivity index (χ2v) is 7.05. The van der Waals surface area contributed by atoms with E-state index in [0.29, 0.717) is 9.75 Å². The van der Waals surface area contributed by atoms with E-state index in [1.165, 1.54) is 33.1 Å². The van der Waals surface area contributed by atoms with Gasteiger partial charge in [-0.1, -0.05) is 6.07 Å². The van der Waals surface area contributed by atoms with E-state index in [1.54, 1.807) is 17.5 Å². The number of hydrogen-bond acceptors (Lipinski definition) is 6. The SMILES string of the molecule is O=C(COC(=O)c1cc2c(s1)CCC2)NNC(=O)c1cccs1. The Labute approximate surface area is 140 Å². The molecule has 0 radical (unpaired) electrons. The molecule has 6 nitrogen and oxygen atoms in total. The molecule has 0 unspecified atom stereocenters. The van der Waals surface area contributed by atoms with Crippen molar-refractivity contribution in [1.82, 2.24) is 10.9 Å². The van der Waals surface area contributed by atoms with Crippen LogP contribution < -0.4 is 10.9 Å². The maximum Gasteiger partial charge on any atom is 0.348 e. The highest BCUT2D eigenvalue weighted by molar-refractivity contribution is 7.14. The summed E-state index contributed by atoms with van der Waals surface area (Å²) in [6.45, 7) is -0.438. The lowest BCUT2D eigenvalue weighted by molar-refractivity contribution is -0.125. The van der Waals surface area contributed by atoms with Gasteiger partial charge in [0.1, 0.15) is 4.88 Å². The molecule has 2 aromatic heterocycles. The highest BCUT2D eigenvalue weighted by Gasteiger charge is 2.20. The maximum atomic E-state index is 11.9. The minimum absolute atomic E-state index is 0.408. The van der Waals surface area contributed by atoms with Crippen molar-refractivity contribution in [2.45, 2.75) is 19.3 Å². The molecule has 0 fully saturated rings. The normalized spacial score (nSPS) is 12.5. The number of esters is 1. The second kappa shape index (κ2) is 6.93. The highest BCUT2D eigenvalue weighted by atomic mass is 32.1. The summed E-state index contributed by atoms with van der Waals surface area (Å²) >= 11 is 2.69. The van der Waals surface area contributed by atoms with Gasteiger partial charge in [0, 0.05) is 4.88 Å². The number of ether oxygens (including phenoxy) is 1. The van der Waals surface area contributed by atoms with Crippen LogP contribution in [0.5, 0.6) is 0 Å². The molecule has 2 amide bonds. The van der Waals surface area contributed by atoms with E-state index in [2.05, 4.69) is 10.9 Å². The number of hydrogen-bond donors (Lipinski definition) is 2. The molecule has 120 valence electrons. The van der Waals surface area contributed by atoms with Crippen molar-refractivity contribution in [3.8, 4) is 0 Å². The lowest BCUT2D eigenvalue weighted by Crippen LogP contribution is -2.43. The van der Waals surface area contributed by atoms with E-state index < -0.39 is 24.4 Å². The molecule has 1 aliphatic rings. The topological polar surface area (TPSA) is 84.5 Å². The van der Waals surface area contributed by atoms with Crippen molar-refractivity contribution < 1.29 is 19.1 Å². The van der Waals surface area contributed by atoms with Gasteiger partial charge in [0.25, 0.3) is 11.8 Å². The van der Waals surface area contributed by atoms with Crippen molar-refractivity contribution in [3.63, 3.8) is 0 Å². The Kier molecular flexibility index (Phi) is 4.73. The fraction of sp³-hybridized carbons (Fsp3) is 0.267. The summed E-state index contributed by atoms with van der Waals surface area (Å²) in [5.41, 5.74) is 5.68. The minimum atomic E-state index is -0.590. The number of hydrazine groups is 1. The van der Waals surface area contributed by atoms with E-state index in [4.69, 9.17) is 4.74 Å². The van der Waals surface area contributed by atoms with E-state index in [0.717, 1.165) is 19.3 Å². The summed E-state index contributed by atoms with van der Waals surface area (Å²) in [4.78, 5) is 37.4. The Morgan fingerprint density at radius 2 is 2.04 bits per heavy atom. The summed E-state index contributed by atoms with van der Waals surface area (Å²) < 4.78 is 4.96. The first-order valence-corrected chi connectivity index (χ1v) is 8.74. The lowest BCUT2D eigenvalue weighted by Gasteiger charge is -2.06. The average molecular weight is 350 g/mol. The number of fused-ring (bicyclic) bond motifs is 1. The van der Waals surface area contributed by atoms with Gasteiger partial charge in [-0.3, -0.25) is 20.4 Å². The van der Waals surface area contributed by atoms with Crippen LogP contribution in [-0.4, -0.2) is 24.4 Å². The van der Waals surface area contributed by atoms with Gasteiger partial charge in [0.15, 0.2) is 6.61 Å². The largest absolute Gasteiger partial charge is 0.451 e. The fourth-order valence-corrected chi connectivity index (χ4v) is 4.03. The monoisotopic (exact) mass is 350 g/mol. The average Bonchev–Trinajstić information content (AvgIpc) is 3.25.